The van der Waals surface area contributed by atoms with Crippen LogP contribution in [0.4, 0.5) is 0 Å². The molecule has 0 aliphatic heterocycles. The van der Waals surface area contributed by atoms with Crippen LogP contribution in [0.25, 0.3) is 92.0 Å². The Bertz CT molecular complexity index is 2750. The van der Waals surface area contributed by atoms with Gasteiger partial charge in [0.05, 0.1) is 16.4 Å². The largest absolute Gasteiger partial charge is 0.437 e. The molecule has 0 N–H and O–H groups in total. The smallest absolute Gasteiger partial charge is 0.233 e. The molecule has 200 valence electrons. The number of fused-ring (bicyclic) bond motifs is 10. The third-order valence-corrected chi connectivity index (χ3v) is 9.74. The van der Waals surface area contributed by atoms with Crippen LogP contribution in [0.1, 0.15) is 0 Å². The zero-order chi connectivity index (χ0) is 28.1. The molecule has 6 aromatic carbocycles. The van der Waals surface area contributed by atoms with Crippen LogP contribution in [0.15, 0.2) is 132 Å². The number of aromatic nitrogens is 3. The topological polar surface area (TPSA) is 43.9 Å². The van der Waals surface area contributed by atoms with Crippen molar-refractivity contribution in [2.75, 3.05) is 0 Å². The highest BCUT2D eigenvalue weighted by Crippen LogP contribution is 2.40. The molecule has 0 amide bonds. The van der Waals surface area contributed by atoms with Crippen LogP contribution in [-0.4, -0.2) is 14.5 Å². The van der Waals surface area contributed by atoms with Gasteiger partial charge in [0, 0.05) is 41.9 Å². The number of nitrogens with zero attached hydrogens (tertiary/aromatic N) is 3. The van der Waals surface area contributed by atoms with Crippen molar-refractivity contribution in [1.82, 2.24) is 14.5 Å². The number of furan rings is 1. The quantitative estimate of drug-likeness (QED) is 0.209. The Morgan fingerprint density at radius 2 is 1.26 bits per heavy atom. The predicted molar refractivity (Wildman–Crippen MR) is 179 cm³/mol. The summed E-state index contributed by atoms with van der Waals surface area (Å²) in [5, 5.41) is 9.25. The first-order chi connectivity index (χ1) is 21.3. The number of benzene rings is 6. The van der Waals surface area contributed by atoms with Gasteiger partial charge in [0.1, 0.15) is 5.58 Å². The van der Waals surface area contributed by atoms with Gasteiger partial charge in [-0.3, -0.25) is 4.57 Å². The van der Waals surface area contributed by atoms with Gasteiger partial charge in [-0.1, -0.05) is 91.0 Å². The van der Waals surface area contributed by atoms with Gasteiger partial charge in [-0.15, -0.1) is 11.3 Å². The van der Waals surface area contributed by atoms with Crippen LogP contribution < -0.4 is 0 Å². The molecule has 0 atom stereocenters. The van der Waals surface area contributed by atoms with Gasteiger partial charge < -0.3 is 4.42 Å². The molecule has 10 rings (SSSR count). The molecule has 4 aromatic heterocycles. The van der Waals surface area contributed by atoms with Gasteiger partial charge >= 0.3 is 0 Å². The van der Waals surface area contributed by atoms with Crippen LogP contribution in [0.2, 0.25) is 0 Å². The Balaban J connectivity index is 1.34. The van der Waals surface area contributed by atoms with E-state index in [4.69, 9.17) is 14.4 Å². The molecular formula is C38H21N3OS. The second-order valence-corrected chi connectivity index (χ2v) is 12.1. The number of thiophene rings is 1. The monoisotopic (exact) mass is 567 g/mol. The van der Waals surface area contributed by atoms with Crippen LogP contribution in [0.5, 0.6) is 0 Å². The van der Waals surface area contributed by atoms with Crippen LogP contribution in [0.3, 0.4) is 0 Å². The fourth-order valence-electron chi connectivity index (χ4n) is 6.64. The molecule has 10 aromatic rings. The fraction of sp³-hybridized carbons (Fsp3) is 0. The number of hydrogen-bond acceptors (Lipinski definition) is 4. The lowest BCUT2D eigenvalue weighted by Gasteiger charge is -2.11. The summed E-state index contributed by atoms with van der Waals surface area (Å²) in [5.41, 5.74) is 4.56. The van der Waals surface area contributed by atoms with Gasteiger partial charge in [0.2, 0.25) is 5.71 Å². The molecule has 0 fully saturated rings. The molecule has 0 radical (unpaired) electrons. The maximum atomic E-state index is 6.42. The Morgan fingerprint density at radius 3 is 2.16 bits per heavy atom. The average molecular weight is 568 g/mol. The third kappa shape index (κ3) is 3.25. The maximum absolute atomic E-state index is 6.42. The van der Waals surface area contributed by atoms with E-state index in [0.29, 0.717) is 11.5 Å². The van der Waals surface area contributed by atoms with Crippen molar-refractivity contribution in [3.05, 3.63) is 127 Å². The highest BCUT2D eigenvalue weighted by Gasteiger charge is 2.22. The van der Waals surface area contributed by atoms with Crippen molar-refractivity contribution >= 4 is 86.2 Å². The van der Waals surface area contributed by atoms with E-state index in [0.717, 1.165) is 38.8 Å². The summed E-state index contributed by atoms with van der Waals surface area (Å²) in [6.45, 7) is 0. The van der Waals surface area contributed by atoms with Gasteiger partial charge in [-0.2, -0.15) is 4.98 Å². The van der Waals surface area contributed by atoms with E-state index < -0.39 is 0 Å². The SMILES string of the molecule is c1ccc2cc3c(cc2c1)c1ccccc1n3-c1nc(-c2ccc3c(c2)sc2ccccc23)nc2oc3ccccc3c12. The fourth-order valence-corrected chi connectivity index (χ4v) is 7.79. The van der Waals surface area contributed by atoms with E-state index in [-0.39, 0.29) is 0 Å². The summed E-state index contributed by atoms with van der Waals surface area (Å²) in [5.74, 6) is 1.47. The highest BCUT2D eigenvalue weighted by molar-refractivity contribution is 7.25. The lowest BCUT2D eigenvalue weighted by atomic mass is 10.1. The zero-order valence-electron chi connectivity index (χ0n) is 22.8. The number of rotatable bonds is 2. The molecule has 0 unspecified atom stereocenters. The maximum Gasteiger partial charge on any atom is 0.233 e. The Kier molecular flexibility index (Phi) is 4.57. The molecular weight excluding hydrogens is 547 g/mol. The van der Waals surface area contributed by atoms with Gasteiger partial charge in [0.25, 0.3) is 0 Å². The summed E-state index contributed by atoms with van der Waals surface area (Å²) in [7, 11) is 0. The van der Waals surface area contributed by atoms with Crippen molar-refractivity contribution < 1.29 is 4.42 Å². The van der Waals surface area contributed by atoms with Crippen LogP contribution in [0, 0.1) is 0 Å². The average Bonchev–Trinajstić information content (AvgIpc) is 3.72. The molecule has 0 bridgehead atoms. The van der Waals surface area contributed by atoms with E-state index in [2.05, 4.69) is 114 Å². The van der Waals surface area contributed by atoms with Crippen molar-refractivity contribution in [2.24, 2.45) is 0 Å². The second-order valence-electron chi connectivity index (χ2n) is 11.0. The van der Waals surface area contributed by atoms with Crippen molar-refractivity contribution in [1.29, 1.82) is 0 Å². The Morgan fingerprint density at radius 1 is 0.535 bits per heavy atom. The first-order valence-corrected chi connectivity index (χ1v) is 15.2. The molecule has 43 heavy (non-hydrogen) atoms. The second kappa shape index (κ2) is 8.51. The summed E-state index contributed by atoms with van der Waals surface area (Å²) >= 11 is 1.80. The van der Waals surface area contributed by atoms with E-state index in [1.165, 1.54) is 41.7 Å². The van der Waals surface area contributed by atoms with Crippen molar-refractivity contribution in [2.45, 2.75) is 0 Å². The molecule has 0 saturated carbocycles. The zero-order valence-corrected chi connectivity index (χ0v) is 23.6. The Labute approximate surface area is 249 Å². The summed E-state index contributed by atoms with van der Waals surface area (Å²) in [4.78, 5) is 10.4. The van der Waals surface area contributed by atoms with E-state index in [9.17, 15) is 0 Å². The van der Waals surface area contributed by atoms with E-state index in [1.807, 2.05) is 18.2 Å². The lowest BCUT2D eigenvalue weighted by Crippen LogP contribution is -2.02. The third-order valence-electron chi connectivity index (χ3n) is 8.61. The van der Waals surface area contributed by atoms with E-state index in [1.54, 1.807) is 11.3 Å². The van der Waals surface area contributed by atoms with Crippen LogP contribution >= 0.6 is 11.3 Å². The van der Waals surface area contributed by atoms with Crippen molar-refractivity contribution in [3.8, 4) is 17.2 Å². The summed E-state index contributed by atoms with van der Waals surface area (Å²) in [6.07, 6.45) is 0. The van der Waals surface area contributed by atoms with Crippen LogP contribution in [-0.2, 0) is 0 Å². The molecule has 0 aliphatic carbocycles. The lowest BCUT2D eigenvalue weighted by molar-refractivity contribution is 0.653. The molecule has 5 heteroatoms. The number of hydrogen-bond donors (Lipinski definition) is 0. The van der Waals surface area contributed by atoms with Gasteiger partial charge in [0.15, 0.2) is 11.6 Å². The minimum atomic E-state index is 0.587. The summed E-state index contributed by atoms with van der Waals surface area (Å²) < 4.78 is 11.2. The summed E-state index contributed by atoms with van der Waals surface area (Å²) in [6, 6.07) is 45.0. The number of para-hydroxylation sites is 2. The normalized spacial score (nSPS) is 12.2. The minimum absolute atomic E-state index is 0.587. The predicted octanol–water partition coefficient (Wildman–Crippen LogP) is 10.7. The van der Waals surface area contributed by atoms with Gasteiger partial charge in [-0.25, -0.2) is 4.98 Å². The standard InChI is InChI=1S/C38H21N3OS/c1-2-10-23-20-31-29(19-22(23)9-1)25-11-3-6-14-30(25)41(31)37-35-28-13-4-7-15-32(28)42-38(35)40-36(39-37)24-17-18-27-26-12-5-8-16-33(26)43-34(27)21-24/h1-21H. The molecule has 0 saturated heterocycles. The highest BCUT2D eigenvalue weighted by atomic mass is 32.1. The Hall–Kier alpha value is -5.52. The first-order valence-electron chi connectivity index (χ1n) is 14.3. The van der Waals surface area contributed by atoms with Crippen molar-refractivity contribution in [3.63, 3.8) is 0 Å². The van der Waals surface area contributed by atoms with E-state index >= 15 is 0 Å². The molecule has 0 spiro atoms. The first kappa shape index (κ1) is 23.1. The molecule has 4 heterocycles. The minimum Gasteiger partial charge on any atom is -0.437 e. The van der Waals surface area contributed by atoms with Gasteiger partial charge in [-0.05, 0) is 47.2 Å². The molecule has 4 nitrogen and oxygen atoms in total. The molecule has 0 aliphatic rings.